The van der Waals surface area contributed by atoms with Gasteiger partial charge in [0.2, 0.25) is 0 Å². The largest absolute Gasteiger partial charge is 0.488 e. The minimum absolute atomic E-state index is 0.235. The van der Waals surface area contributed by atoms with Crippen LogP contribution >= 0.6 is 0 Å². The number of imidazole rings is 1. The molecule has 12 heteroatoms. The summed E-state index contributed by atoms with van der Waals surface area (Å²) in [7, 11) is 0. The van der Waals surface area contributed by atoms with Crippen LogP contribution in [0.25, 0.3) is 34.1 Å². The van der Waals surface area contributed by atoms with Gasteiger partial charge in [0, 0.05) is 29.8 Å². The second-order valence-corrected chi connectivity index (χ2v) is 13.0. The number of ether oxygens (including phenoxy) is 3. The summed E-state index contributed by atoms with van der Waals surface area (Å²) in [6.45, 7) is 1.20. The van der Waals surface area contributed by atoms with Gasteiger partial charge < -0.3 is 25.3 Å². The summed E-state index contributed by atoms with van der Waals surface area (Å²) in [6.07, 6.45) is 12.0. The van der Waals surface area contributed by atoms with Crippen LogP contribution in [0.15, 0.2) is 110 Å². The number of aryl methyl sites for hydroxylation is 1. The lowest BCUT2D eigenvalue weighted by Gasteiger charge is -2.20. The third kappa shape index (κ3) is 6.11. The van der Waals surface area contributed by atoms with Gasteiger partial charge in [0.15, 0.2) is 23.6 Å². The molecule has 1 aliphatic heterocycles. The standard InChI is InChI=1S/C42H34N8O4/c1-2-27-23-36(54-25-26-8-4-3-5-9-26)33(42-52-20-21-53-42)24-32(27)41(51)47-34-14-11-28-22-29(12-13-30(28)34)50-39(31-10-6-17-44-38(31)43)46-35-15-16-37(48-40(35)50)49-19-7-18-45-49/h1,3-10,12-13,15-19,22-24,34,42H,11,14,20-21,25H2,(H2,43,44)(H,47,51)/t34-/m0/s1. The molecule has 1 saturated heterocycles. The van der Waals surface area contributed by atoms with Crippen LogP contribution in [0.1, 0.15) is 56.9 Å². The second-order valence-electron chi connectivity index (χ2n) is 13.0. The fourth-order valence-corrected chi connectivity index (χ4v) is 7.13. The number of nitrogens with two attached hydrogens (primary N) is 1. The van der Waals surface area contributed by atoms with Crippen molar-refractivity contribution in [3.8, 4) is 41.0 Å². The van der Waals surface area contributed by atoms with Gasteiger partial charge in [-0.05, 0) is 84.1 Å². The number of hydrogen-bond donors (Lipinski definition) is 2. The van der Waals surface area contributed by atoms with Crippen LogP contribution in [-0.2, 0) is 22.5 Å². The molecule has 1 fully saturated rings. The van der Waals surface area contributed by atoms with Crippen LogP contribution in [0, 0.1) is 12.3 Å². The average molecular weight is 715 g/mol. The number of aromatic nitrogens is 6. The molecule has 54 heavy (non-hydrogen) atoms. The molecule has 0 radical (unpaired) electrons. The van der Waals surface area contributed by atoms with E-state index in [0.717, 1.165) is 28.8 Å². The molecular weight excluding hydrogens is 681 g/mol. The zero-order valence-corrected chi connectivity index (χ0v) is 29.1. The fourth-order valence-electron chi connectivity index (χ4n) is 7.13. The van der Waals surface area contributed by atoms with Gasteiger partial charge in [0.25, 0.3) is 5.91 Å². The van der Waals surface area contributed by atoms with Crippen LogP contribution in [0.4, 0.5) is 5.82 Å². The number of nitrogens with zero attached hydrogens (tertiary/aromatic N) is 6. The first-order valence-electron chi connectivity index (χ1n) is 17.6. The molecule has 0 bridgehead atoms. The third-order valence-electron chi connectivity index (χ3n) is 9.74. The molecule has 2 aliphatic rings. The fraction of sp³-hybridized carbons (Fsp3) is 0.167. The quantitative estimate of drug-likeness (QED) is 0.165. The summed E-state index contributed by atoms with van der Waals surface area (Å²) < 4.78 is 21.6. The first-order chi connectivity index (χ1) is 26.5. The zero-order valence-electron chi connectivity index (χ0n) is 29.1. The van der Waals surface area contributed by atoms with E-state index in [1.807, 2.05) is 77.5 Å². The Morgan fingerprint density at radius 2 is 1.83 bits per heavy atom. The van der Waals surface area contributed by atoms with Crippen molar-refractivity contribution in [2.24, 2.45) is 0 Å². The first kappa shape index (κ1) is 33.1. The van der Waals surface area contributed by atoms with Crippen LogP contribution in [-0.4, -0.2) is 48.4 Å². The Morgan fingerprint density at radius 3 is 2.63 bits per heavy atom. The number of terminal acetylenes is 1. The molecule has 0 unspecified atom stereocenters. The van der Waals surface area contributed by atoms with Crippen LogP contribution in [0.3, 0.4) is 0 Å². The van der Waals surface area contributed by atoms with E-state index in [-0.39, 0.29) is 11.9 Å². The molecule has 0 spiro atoms. The molecule has 9 rings (SSSR count). The molecule has 266 valence electrons. The predicted molar refractivity (Wildman–Crippen MR) is 202 cm³/mol. The minimum atomic E-state index is -0.670. The normalized spacial score (nSPS) is 15.3. The van der Waals surface area contributed by atoms with Gasteiger partial charge in [-0.2, -0.15) is 5.10 Å². The van der Waals surface area contributed by atoms with Gasteiger partial charge in [-0.25, -0.2) is 19.6 Å². The molecule has 1 atom stereocenters. The van der Waals surface area contributed by atoms with E-state index in [4.69, 9.17) is 36.3 Å². The average Bonchev–Trinajstić information content (AvgIpc) is 4.05. The van der Waals surface area contributed by atoms with Crippen molar-refractivity contribution in [2.45, 2.75) is 31.8 Å². The van der Waals surface area contributed by atoms with E-state index in [9.17, 15) is 4.79 Å². The molecule has 0 saturated carbocycles. The highest BCUT2D eigenvalue weighted by molar-refractivity contribution is 5.97. The number of carbonyl (C=O) groups excluding carboxylic acids is 1. The first-order valence-corrected chi connectivity index (χ1v) is 17.6. The van der Waals surface area contributed by atoms with Crippen molar-refractivity contribution in [1.82, 2.24) is 34.6 Å². The van der Waals surface area contributed by atoms with Crippen molar-refractivity contribution >= 4 is 22.9 Å². The molecule has 3 N–H and O–H groups in total. The summed E-state index contributed by atoms with van der Waals surface area (Å²) >= 11 is 0. The van der Waals surface area contributed by atoms with Crippen molar-refractivity contribution in [3.05, 3.63) is 143 Å². The molecular formula is C42H34N8O4. The van der Waals surface area contributed by atoms with Crippen molar-refractivity contribution in [3.63, 3.8) is 0 Å². The highest BCUT2D eigenvalue weighted by Gasteiger charge is 2.30. The van der Waals surface area contributed by atoms with E-state index >= 15 is 0 Å². The molecule has 1 aliphatic carbocycles. The summed E-state index contributed by atoms with van der Waals surface area (Å²) in [5.74, 6) is 4.55. The number of rotatable bonds is 9. The third-order valence-corrected chi connectivity index (χ3v) is 9.74. The molecule has 12 nitrogen and oxygen atoms in total. The summed E-state index contributed by atoms with van der Waals surface area (Å²) in [6, 6.07) is 28.6. The Kier molecular flexibility index (Phi) is 8.55. The Labute approximate surface area is 310 Å². The van der Waals surface area contributed by atoms with Crippen LogP contribution in [0.2, 0.25) is 0 Å². The van der Waals surface area contributed by atoms with E-state index in [2.05, 4.69) is 33.5 Å². The number of pyridine rings is 2. The van der Waals surface area contributed by atoms with Gasteiger partial charge in [-0.1, -0.05) is 42.3 Å². The lowest BCUT2D eigenvalue weighted by atomic mass is 10.0. The van der Waals surface area contributed by atoms with Gasteiger partial charge in [-0.15, -0.1) is 6.42 Å². The molecule has 5 heterocycles. The van der Waals surface area contributed by atoms with E-state index in [0.29, 0.717) is 82.9 Å². The maximum absolute atomic E-state index is 14.0. The molecule has 3 aromatic carbocycles. The Bertz CT molecular complexity index is 2550. The van der Waals surface area contributed by atoms with Gasteiger partial charge in [0.05, 0.1) is 35.9 Å². The van der Waals surface area contributed by atoms with Crippen molar-refractivity contribution < 1.29 is 19.0 Å². The summed E-state index contributed by atoms with van der Waals surface area (Å²) in [5, 5.41) is 7.62. The molecule has 1 amide bonds. The number of benzene rings is 3. The maximum Gasteiger partial charge on any atom is 0.253 e. The maximum atomic E-state index is 14.0. The number of amides is 1. The Balaban J connectivity index is 1.04. The Morgan fingerprint density at radius 1 is 0.963 bits per heavy atom. The zero-order chi connectivity index (χ0) is 36.6. The number of anilines is 1. The number of hydrogen-bond acceptors (Lipinski definition) is 9. The second kappa shape index (κ2) is 14.0. The number of nitrogens with one attached hydrogen (secondary N) is 1. The smallest absolute Gasteiger partial charge is 0.253 e. The van der Waals surface area contributed by atoms with Crippen molar-refractivity contribution in [2.75, 3.05) is 18.9 Å². The number of nitrogen functional groups attached to an aromatic ring is 1. The number of carbonyl (C=O) groups is 1. The van der Waals surface area contributed by atoms with E-state index in [1.165, 1.54) is 0 Å². The lowest BCUT2D eigenvalue weighted by molar-refractivity contribution is -0.0459. The summed E-state index contributed by atoms with van der Waals surface area (Å²) in [4.78, 5) is 28.3. The monoisotopic (exact) mass is 714 g/mol. The van der Waals surface area contributed by atoms with Gasteiger partial charge >= 0.3 is 0 Å². The highest BCUT2D eigenvalue weighted by atomic mass is 16.7. The minimum Gasteiger partial charge on any atom is -0.488 e. The molecule has 7 aromatic rings. The van der Waals surface area contributed by atoms with Crippen molar-refractivity contribution in [1.29, 1.82) is 0 Å². The van der Waals surface area contributed by atoms with E-state index in [1.54, 1.807) is 29.2 Å². The van der Waals surface area contributed by atoms with Crippen LogP contribution in [0.5, 0.6) is 5.75 Å². The van der Waals surface area contributed by atoms with Gasteiger partial charge in [0.1, 0.15) is 23.7 Å². The van der Waals surface area contributed by atoms with E-state index < -0.39 is 6.29 Å². The lowest BCUT2D eigenvalue weighted by Crippen LogP contribution is -2.28. The SMILES string of the molecule is C#Cc1cc(OCc2ccccc2)c(C2OCCO2)cc1C(=O)N[C@H]1CCc2cc(-n3c(-c4cccnc4N)nc4ccc(-n5cccn5)nc43)ccc21. The van der Waals surface area contributed by atoms with Crippen LogP contribution < -0.4 is 15.8 Å². The topological polar surface area (TPSA) is 144 Å². The predicted octanol–water partition coefficient (Wildman–Crippen LogP) is 6.27. The molecule has 4 aromatic heterocycles. The summed E-state index contributed by atoms with van der Waals surface area (Å²) in [5.41, 5.74) is 13.8. The Hall–Kier alpha value is -6.81. The number of fused-ring (bicyclic) bond motifs is 2. The van der Waals surface area contributed by atoms with Gasteiger partial charge in [-0.3, -0.25) is 9.36 Å². The highest BCUT2D eigenvalue weighted by Crippen LogP contribution is 2.38.